The third kappa shape index (κ3) is 1.81. The van der Waals surface area contributed by atoms with E-state index in [-0.39, 0.29) is 6.61 Å². The van der Waals surface area contributed by atoms with Crippen LogP contribution in [0.1, 0.15) is 5.76 Å². The predicted octanol–water partition coefficient (Wildman–Crippen LogP) is 1.35. The first-order valence-electron chi connectivity index (χ1n) is 2.65. The summed E-state index contributed by atoms with van der Waals surface area (Å²) in [6.45, 7) is -0.0880. The lowest BCUT2D eigenvalue weighted by molar-refractivity contribution is 0.0567. The van der Waals surface area contributed by atoms with Crippen LogP contribution in [0, 0.1) is 0 Å². The molecule has 0 aliphatic rings. The second kappa shape index (κ2) is 2.91. The highest BCUT2D eigenvalue weighted by Crippen LogP contribution is 2.01. The van der Waals surface area contributed by atoms with E-state index in [4.69, 9.17) is 4.42 Å². The molecule has 0 fully saturated rings. The number of rotatable bonds is 2. The monoisotopic (exact) mass is 141 g/mol. The molecule has 0 saturated carbocycles. The molecular weight excluding hydrogens is 136 g/mol. The van der Waals surface area contributed by atoms with Crippen molar-refractivity contribution in [1.29, 1.82) is 0 Å². The smallest absolute Gasteiger partial charge is 0.466 e. The second-order valence-electron chi connectivity index (χ2n) is 1.62. The Kier molecular flexibility index (Phi) is 1.94. The molecule has 0 aromatic carbocycles. The maximum Gasteiger partial charge on any atom is 0.550 e. The van der Waals surface area contributed by atoms with Gasteiger partial charge in [0.25, 0.3) is 0 Å². The third-order valence-corrected chi connectivity index (χ3v) is 0.912. The van der Waals surface area contributed by atoms with Crippen molar-refractivity contribution >= 4 is 6.16 Å². The summed E-state index contributed by atoms with van der Waals surface area (Å²) in [6, 6.07) is 3.26. The summed E-state index contributed by atoms with van der Waals surface area (Å²) < 4.78 is 8.87. The summed E-state index contributed by atoms with van der Waals surface area (Å²) in [5.74, 6) is 0.462. The number of carbonyl (C=O) groups excluding carboxylic acids is 1. The lowest BCUT2D eigenvalue weighted by atomic mass is 10.5. The predicted molar refractivity (Wildman–Crippen MR) is 29.6 cm³/mol. The van der Waals surface area contributed by atoms with Gasteiger partial charge >= 0.3 is 6.16 Å². The van der Waals surface area contributed by atoms with Crippen LogP contribution >= 0.6 is 0 Å². The Morgan fingerprint density at radius 1 is 1.70 bits per heavy atom. The molecule has 0 aliphatic carbocycles. The van der Waals surface area contributed by atoms with E-state index < -0.39 is 6.16 Å². The largest absolute Gasteiger partial charge is 0.550 e. The summed E-state index contributed by atoms with van der Waals surface area (Å²) in [4.78, 5) is 9.72. The molecular formula is C6H5O4. The molecule has 1 radical (unpaired) electrons. The van der Waals surface area contributed by atoms with Gasteiger partial charge in [-0.15, -0.1) is 0 Å². The molecule has 0 bridgehead atoms. The van der Waals surface area contributed by atoms with E-state index in [0.717, 1.165) is 0 Å². The molecule has 0 amide bonds. The van der Waals surface area contributed by atoms with E-state index in [2.05, 4.69) is 4.74 Å². The lowest BCUT2D eigenvalue weighted by Crippen LogP contribution is -1.96. The summed E-state index contributed by atoms with van der Waals surface area (Å²) in [5.41, 5.74) is 0. The van der Waals surface area contributed by atoms with Gasteiger partial charge in [-0.25, -0.2) is 0 Å². The van der Waals surface area contributed by atoms with Crippen LogP contribution in [0.3, 0.4) is 0 Å². The average molecular weight is 141 g/mol. The van der Waals surface area contributed by atoms with Gasteiger partial charge in [-0.3, -0.25) is 0 Å². The fourth-order valence-corrected chi connectivity index (χ4v) is 0.525. The molecule has 1 aromatic heterocycles. The normalized spacial score (nSPS) is 9.20. The summed E-state index contributed by atoms with van der Waals surface area (Å²) in [7, 11) is 0. The van der Waals surface area contributed by atoms with Crippen LogP contribution in [0.4, 0.5) is 4.79 Å². The maximum atomic E-state index is 9.72. The van der Waals surface area contributed by atoms with Crippen LogP contribution in [0.5, 0.6) is 0 Å². The van der Waals surface area contributed by atoms with Crippen LogP contribution < -0.4 is 0 Å². The number of carbonyl (C=O) groups is 1. The maximum absolute atomic E-state index is 9.72. The molecule has 1 heterocycles. The number of ether oxygens (including phenoxy) is 1. The summed E-state index contributed by atoms with van der Waals surface area (Å²) in [5, 5.41) is 9.72. The molecule has 53 valence electrons. The van der Waals surface area contributed by atoms with Crippen molar-refractivity contribution in [3.63, 3.8) is 0 Å². The number of hydrogen-bond acceptors (Lipinski definition) is 3. The van der Waals surface area contributed by atoms with Gasteiger partial charge in [0.05, 0.1) is 6.26 Å². The minimum Gasteiger partial charge on any atom is -0.466 e. The van der Waals surface area contributed by atoms with Crippen molar-refractivity contribution in [1.82, 2.24) is 0 Å². The molecule has 0 aliphatic heterocycles. The van der Waals surface area contributed by atoms with Crippen molar-refractivity contribution in [2.45, 2.75) is 6.61 Å². The molecule has 10 heavy (non-hydrogen) atoms. The minimum absolute atomic E-state index is 0.0880. The number of furan rings is 1. The topological polar surface area (TPSA) is 59.3 Å². The van der Waals surface area contributed by atoms with E-state index in [9.17, 15) is 9.90 Å². The molecule has 0 unspecified atom stereocenters. The number of hydrogen-bond donors (Lipinski definition) is 0. The van der Waals surface area contributed by atoms with Gasteiger partial charge in [-0.1, -0.05) is 0 Å². The summed E-state index contributed by atoms with van der Waals surface area (Å²) in [6.07, 6.45) is -0.107. The van der Waals surface area contributed by atoms with E-state index in [1.165, 1.54) is 6.26 Å². The highest BCUT2D eigenvalue weighted by molar-refractivity contribution is 5.56. The first kappa shape index (κ1) is 6.67. The van der Waals surface area contributed by atoms with Gasteiger partial charge in [-0.05, 0) is 12.1 Å². The lowest BCUT2D eigenvalue weighted by Gasteiger charge is -1.91. The van der Waals surface area contributed by atoms with E-state index >= 15 is 0 Å². The molecule has 1 aromatic rings. The van der Waals surface area contributed by atoms with Gasteiger partial charge in [0.15, 0.2) is 6.61 Å². The molecule has 0 saturated heterocycles. The van der Waals surface area contributed by atoms with Crippen molar-refractivity contribution in [3.8, 4) is 0 Å². The fraction of sp³-hybridized carbons (Fsp3) is 0.167. The Hall–Kier alpha value is -1.45. The van der Waals surface area contributed by atoms with Crippen LogP contribution in [0.2, 0.25) is 0 Å². The molecule has 1 rings (SSSR count). The minimum atomic E-state index is -1.54. The van der Waals surface area contributed by atoms with Crippen molar-refractivity contribution < 1.29 is 19.1 Å². The van der Waals surface area contributed by atoms with E-state index in [1.807, 2.05) is 0 Å². The Balaban J connectivity index is 2.35. The molecule has 0 spiro atoms. The first-order valence-corrected chi connectivity index (χ1v) is 2.65. The summed E-state index contributed by atoms with van der Waals surface area (Å²) >= 11 is 0. The molecule has 0 N–H and O–H groups in total. The third-order valence-electron chi connectivity index (χ3n) is 0.912. The Labute approximate surface area is 57.0 Å². The van der Waals surface area contributed by atoms with Crippen molar-refractivity contribution in [2.24, 2.45) is 0 Å². The molecule has 0 atom stereocenters. The second-order valence-corrected chi connectivity index (χ2v) is 1.62. The van der Waals surface area contributed by atoms with Crippen molar-refractivity contribution in [2.75, 3.05) is 0 Å². The van der Waals surface area contributed by atoms with Crippen molar-refractivity contribution in [3.05, 3.63) is 24.2 Å². The Morgan fingerprint density at radius 2 is 2.50 bits per heavy atom. The van der Waals surface area contributed by atoms with Gasteiger partial charge in [0.2, 0.25) is 0 Å². The highest BCUT2D eigenvalue weighted by atomic mass is 16.7. The van der Waals surface area contributed by atoms with E-state index in [0.29, 0.717) is 5.76 Å². The zero-order valence-electron chi connectivity index (χ0n) is 5.07. The Bertz CT molecular complexity index is 202. The molecule has 4 nitrogen and oxygen atoms in total. The Morgan fingerprint density at radius 3 is 3.00 bits per heavy atom. The fourth-order valence-electron chi connectivity index (χ4n) is 0.525. The quantitative estimate of drug-likeness (QED) is 0.584. The van der Waals surface area contributed by atoms with Gasteiger partial charge in [0.1, 0.15) is 5.76 Å². The SMILES string of the molecule is [O]C(=O)OCc1ccco1. The highest BCUT2D eigenvalue weighted by Gasteiger charge is 2.01. The van der Waals surface area contributed by atoms with Gasteiger partial charge in [-0.2, -0.15) is 9.90 Å². The van der Waals surface area contributed by atoms with E-state index in [1.54, 1.807) is 12.1 Å². The van der Waals surface area contributed by atoms with Gasteiger partial charge in [0, 0.05) is 0 Å². The standard InChI is InChI=1S/C6H5O4/c7-6(8)10-4-5-2-1-3-9-5/h1-3H,4H2. The average Bonchev–Trinajstić information content (AvgIpc) is 2.34. The zero-order chi connectivity index (χ0) is 7.40. The van der Waals surface area contributed by atoms with Crippen LogP contribution in [-0.2, 0) is 16.5 Å². The van der Waals surface area contributed by atoms with Crippen LogP contribution in [-0.4, -0.2) is 6.16 Å². The molecule has 4 heteroatoms. The van der Waals surface area contributed by atoms with Crippen LogP contribution in [0.15, 0.2) is 22.8 Å². The van der Waals surface area contributed by atoms with Gasteiger partial charge < -0.3 is 9.15 Å². The van der Waals surface area contributed by atoms with Crippen LogP contribution in [0.25, 0.3) is 0 Å². The zero-order valence-corrected chi connectivity index (χ0v) is 5.07. The first-order chi connectivity index (χ1) is 4.79.